The quantitative estimate of drug-likeness (QED) is 0.834. The van der Waals surface area contributed by atoms with Crippen LogP contribution >= 0.6 is 11.8 Å². The van der Waals surface area contributed by atoms with Gasteiger partial charge in [0.2, 0.25) is 5.91 Å². The Bertz CT molecular complexity index is 646. The number of hydrogen-bond acceptors (Lipinski definition) is 3. The van der Waals surface area contributed by atoms with Gasteiger partial charge in [-0.25, -0.2) is 4.39 Å². The molecule has 0 heterocycles. The fourth-order valence-electron chi connectivity index (χ4n) is 1.79. The molecule has 0 aromatic heterocycles. The molecule has 2 N–H and O–H groups in total. The standard InChI is InChI=1S/C16H16FNO2S/c1-11-8-12(6-7-13(11)17)9-18-16(20)10-21-15-5-3-2-4-14(15)19/h2-8,19H,9-10H2,1H3,(H,18,20). The van der Waals surface area contributed by atoms with Crippen LogP contribution in [0.2, 0.25) is 0 Å². The molecule has 0 aliphatic rings. The minimum Gasteiger partial charge on any atom is -0.507 e. The third-order valence-corrected chi connectivity index (χ3v) is 4.00. The van der Waals surface area contributed by atoms with Gasteiger partial charge in [0.05, 0.1) is 5.75 Å². The first-order chi connectivity index (χ1) is 10.1. The number of carbonyl (C=O) groups excluding carboxylic acids is 1. The molecule has 0 aliphatic heterocycles. The molecule has 0 spiro atoms. The fourth-order valence-corrected chi connectivity index (χ4v) is 2.57. The number of carbonyl (C=O) groups is 1. The Morgan fingerprint density at radius 3 is 2.76 bits per heavy atom. The summed E-state index contributed by atoms with van der Waals surface area (Å²) in [5, 5.41) is 12.4. The SMILES string of the molecule is Cc1cc(CNC(=O)CSc2ccccc2O)ccc1F. The monoisotopic (exact) mass is 305 g/mol. The van der Waals surface area contributed by atoms with Crippen LogP contribution in [0.5, 0.6) is 5.75 Å². The molecule has 3 nitrogen and oxygen atoms in total. The summed E-state index contributed by atoms with van der Waals surface area (Å²) in [6, 6.07) is 11.6. The van der Waals surface area contributed by atoms with E-state index in [0.717, 1.165) is 5.56 Å². The molecule has 2 aromatic rings. The number of nitrogens with one attached hydrogen (secondary N) is 1. The first-order valence-corrected chi connectivity index (χ1v) is 7.47. The van der Waals surface area contributed by atoms with Crippen molar-refractivity contribution in [3.8, 4) is 5.75 Å². The van der Waals surface area contributed by atoms with Gasteiger partial charge in [0.25, 0.3) is 0 Å². The Kier molecular flexibility index (Phi) is 5.22. The van der Waals surface area contributed by atoms with E-state index >= 15 is 0 Å². The van der Waals surface area contributed by atoms with Gasteiger partial charge in [-0.3, -0.25) is 4.79 Å². The Morgan fingerprint density at radius 1 is 1.29 bits per heavy atom. The van der Waals surface area contributed by atoms with Crippen LogP contribution in [0.4, 0.5) is 4.39 Å². The highest BCUT2D eigenvalue weighted by molar-refractivity contribution is 8.00. The molecule has 5 heteroatoms. The molecule has 0 aliphatic carbocycles. The van der Waals surface area contributed by atoms with Crippen molar-refractivity contribution in [3.63, 3.8) is 0 Å². The summed E-state index contributed by atoms with van der Waals surface area (Å²) in [5.41, 5.74) is 1.42. The summed E-state index contributed by atoms with van der Waals surface area (Å²) >= 11 is 1.27. The number of aromatic hydroxyl groups is 1. The minimum atomic E-state index is -0.250. The van der Waals surface area contributed by atoms with Gasteiger partial charge in [-0.15, -0.1) is 11.8 Å². The molecule has 110 valence electrons. The predicted octanol–water partition coefficient (Wildman–Crippen LogP) is 3.25. The van der Waals surface area contributed by atoms with Gasteiger partial charge in [-0.05, 0) is 36.2 Å². The third kappa shape index (κ3) is 4.49. The van der Waals surface area contributed by atoms with Crippen molar-refractivity contribution in [1.29, 1.82) is 0 Å². The molecule has 0 atom stereocenters. The molecule has 1 amide bonds. The third-order valence-electron chi connectivity index (χ3n) is 2.94. The molecule has 0 bridgehead atoms. The average molecular weight is 305 g/mol. The van der Waals surface area contributed by atoms with E-state index in [1.54, 1.807) is 43.3 Å². The van der Waals surface area contributed by atoms with E-state index in [-0.39, 0.29) is 23.2 Å². The highest BCUT2D eigenvalue weighted by atomic mass is 32.2. The molecule has 21 heavy (non-hydrogen) atoms. The maximum Gasteiger partial charge on any atom is 0.230 e. The molecular weight excluding hydrogens is 289 g/mol. The minimum absolute atomic E-state index is 0.134. The molecule has 2 aromatic carbocycles. The fraction of sp³-hybridized carbons (Fsp3) is 0.188. The van der Waals surface area contributed by atoms with Gasteiger partial charge in [0.1, 0.15) is 11.6 Å². The number of benzene rings is 2. The van der Waals surface area contributed by atoms with Gasteiger partial charge in [0.15, 0.2) is 0 Å². The van der Waals surface area contributed by atoms with E-state index in [9.17, 15) is 14.3 Å². The molecule has 0 radical (unpaired) electrons. The van der Waals surface area contributed by atoms with Crippen LogP contribution in [0.15, 0.2) is 47.4 Å². The van der Waals surface area contributed by atoms with E-state index in [1.807, 2.05) is 0 Å². The highest BCUT2D eigenvalue weighted by Crippen LogP contribution is 2.27. The van der Waals surface area contributed by atoms with Crippen LogP contribution in [-0.2, 0) is 11.3 Å². The van der Waals surface area contributed by atoms with Gasteiger partial charge in [-0.2, -0.15) is 0 Å². The summed E-state index contributed by atoms with van der Waals surface area (Å²) < 4.78 is 13.1. The first kappa shape index (κ1) is 15.4. The molecule has 0 fully saturated rings. The number of halogens is 1. The molecule has 0 saturated heterocycles. The normalized spacial score (nSPS) is 10.4. The summed E-state index contributed by atoms with van der Waals surface area (Å²) in [7, 11) is 0. The molecule has 2 rings (SSSR count). The van der Waals surface area contributed by atoms with Crippen molar-refractivity contribution in [2.45, 2.75) is 18.4 Å². The first-order valence-electron chi connectivity index (χ1n) is 6.49. The number of para-hydroxylation sites is 1. The summed E-state index contributed by atoms with van der Waals surface area (Å²) in [6.07, 6.45) is 0. The van der Waals surface area contributed by atoms with Crippen LogP contribution in [0, 0.1) is 12.7 Å². The second-order valence-corrected chi connectivity index (χ2v) is 5.63. The smallest absolute Gasteiger partial charge is 0.230 e. The molecule has 0 saturated carbocycles. The lowest BCUT2D eigenvalue weighted by atomic mass is 10.1. The van der Waals surface area contributed by atoms with E-state index in [4.69, 9.17) is 0 Å². The number of phenolic OH excluding ortho intramolecular Hbond substituents is 1. The van der Waals surface area contributed by atoms with E-state index < -0.39 is 0 Å². The lowest BCUT2D eigenvalue weighted by molar-refractivity contribution is -0.118. The lowest BCUT2D eigenvalue weighted by Crippen LogP contribution is -2.24. The summed E-state index contributed by atoms with van der Waals surface area (Å²) in [6.45, 7) is 2.05. The highest BCUT2D eigenvalue weighted by Gasteiger charge is 2.06. The average Bonchev–Trinajstić information content (AvgIpc) is 2.47. The van der Waals surface area contributed by atoms with E-state index in [2.05, 4.69) is 5.32 Å². The van der Waals surface area contributed by atoms with Gasteiger partial charge in [0, 0.05) is 11.4 Å². The maximum atomic E-state index is 13.1. The lowest BCUT2D eigenvalue weighted by Gasteiger charge is -2.07. The number of thioether (sulfide) groups is 1. The van der Waals surface area contributed by atoms with Gasteiger partial charge in [-0.1, -0.05) is 24.3 Å². The Balaban J connectivity index is 1.82. The zero-order chi connectivity index (χ0) is 15.2. The number of aryl methyl sites for hydroxylation is 1. The Hall–Kier alpha value is -2.01. The van der Waals surface area contributed by atoms with Crippen LogP contribution in [0.25, 0.3) is 0 Å². The van der Waals surface area contributed by atoms with E-state index in [0.29, 0.717) is 17.0 Å². The van der Waals surface area contributed by atoms with Crippen molar-refractivity contribution in [1.82, 2.24) is 5.32 Å². The topological polar surface area (TPSA) is 49.3 Å². The van der Waals surface area contributed by atoms with Gasteiger partial charge < -0.3 is 10.4 Å². The van der Waals surface area contributed by atoms with Crippen LogP contribution in [0.3, 0.4) is 0 Å². The van der Waals surface area contributed by atoms with Crippen LogP contribution in [-0.4, -0.2) is 16.8 Å². The van der Waals surface area contributed by atoms with Crippen molar-refractivity contribution in [2.75, 3.05) is 5.75 Å². The Morgan fingerprint density at radius 2 is 2.05 bits per heavy atom. The van der Waals surface area contributed by atoms with Crippen molar-refractivity contribution in [2.24, 2.45) is 0 Å². The number of amides is 1. The molecule has 0 unspecified atom stereocenters. The van der Waals surface area contributed by atoms with Crippen molar-refractivity contribution < 1.29 is 14.3 Å². The largest absolute Gasteiger partial charge is 0.507 e. The number of phenols is 1. The zero-order valence-corrected chi connectivity index (χ0v) is 12.4. The second-order valence-electron chi connectivity index (χ2n) is 4.62. The van der Waals surface area contributed by atoms with Crippen molar-refractivity contribution in [3.05, 3.63) is 59.4 Å². The number of hydrogen-bond donors (Lipinski definition) is 2. The summed E-state index contributed by atoms with van der Waals surface area (Å²) in [5.74, 6) is 0.00691. The second kappa shape index (κ2) is 7.13. The van der Waals surface area contributed by atoms with Gasteiger partial charge >= 0.3 is 0 Å². The van der Waals surface area contributed by atoms with Crippen LogP contribution < -0.4 is 5.32 Å². The zero-order valence-electron chi connectivity index (χ0n) is 11.6. The molecular formula is C16H16FNO2S. The summed E-state index contributed by atoms with van der Waals surface area (Å²) in [4.78, 5) is 12.4. The number of rotatable bonds is 5. The van der Waals surface area contributed by atoms with Crippen molar-refractivity contribution >= 4 is 17.7 Å². The Labute approximate surface area is 127 Å². The predicted molar refractivity (Wildman–Crippen MR) is 81.8 cm³/mol. The maximum absolute atomic E-state index is 13.1. The van der Waals surface area contributed by atoms with E-state index in [1.165, 1.54) is 17.8 Å². The van der Waals surface area contributed by atoms with Crippen LogP contribution in [0.1, 0.15) is 11.1 Å².